The van der Waals surface area contributed by atoms with Gasteiger partial charge in [-0.05, 0) is 63.3 Å². The molecule has 1 saturated carbocycles. The average molecular weight is 514 g/mol. The van der Waals surface area contributed by atoms with E-state index in [-0.39, 0.29) is 28.6 Å². The van der Waals surface area contributed by atoms with Gasteiger partial charge in [-0.25, -0.2) is 13.1 Å². The van der Waals surface area contributed by atoms with Crippen LogP contribution in [0.25, 0.3) is 0 Å². The highest BCUT2D eigenvalue weighted by molar-refractivity contribution is 7.89. The van der Waals surface area contributed by atoms with Crippen molar-refractivity contribution >= 4 is 33.3 Å². The summed E-state index contributed by atoms with van der Waals surface area (Å²) >= 11 is 0. The largest absolute Gasteiger partial charge is 0.466 e. The van der Waals surface area contributed by atoms with Crippen LogP contribution in [0.15, 0.2) is 53.4 Å². The average Bonchev–Trinajstić information content (AvgIpc) is 2.83. The summed E-state index contributed by atoms with van der Waals surface area (Å²) in [5.74, 6) is -0.674. The van der Waals surface area contributed by atoms with Gasteiger partial charge in [0.25, 0.3) is 0 Å². The van der Waals surface area contributed by atoms with Crippen molar-refractivity contribution in [1.82, 2.24) is 4.72 Å². The first-order valence-corrected chi connectivity index (χ1v) is 14.2. The first-order chi connectivity index (χ1) is 17.3. The smallest absolute Gasteiger partial charge is 0.310 e. The third-order valence-electron chi connectivity index (χ3n) is 7.01. The number of carbonyl (C=O) groups is 2. The molecule has 0 unspecified atom stereocenters. The van der Waals surface area contributed by atoms with E-state index in [1.807, 2.05) is 35.2 Å². The van der Waals surface area contributed by atoms with Gasteiger partial charge < -0.3 is 15.0 Å². The van der Waals surface area contributed by atoms with Crippen LogP contribution in [-0.2, 0) is 24.3 Å². The van der Waals surface area contributed by atoms with Gasteiger partial charge in [0.1, 0.15) is 4.90 Å². The van der Waals surface area contributed by atoms with E-state index in [0.29, 0.717) is 37.5 Å². The lowest BCUT2D eigenvalue weighted by Crippen LogP contribution is -2.40. The predicted octanol–water partition coefficient (Wildman–Crippen LogP) is 4.24. The first kappa shape index (κ1) is 26.2. The molecule has 2 aromatic carbocycles. The summed E-state index contributed by atoms with van der Waals surface area (Å²) in [6, 6.07) is 13.9. The summed E-state index contributed by atoms with van der Waals surface area (Å²) < 4.78 is 35.4. The van der Waals surface area contributed by atoms with Crippen LogP contribution in [0.3, 0.4) is 0 Å². The first-order valence-electron chi connectivity index (χ1n) is 12.7. The van der Waals surface area contributed by atoms with Crippen molar-refractivity contribution in [2.45, 2.75) is 56.9 Å². The predicted molar refractivity (Wildman–Crippen MR) is 139 cm³/mol. The van der Waals surface area contributed by atoms with E-state index in [1.165, 1.54) is 6.07 Å². The molecule has 4 rings (SSSR count). The second-order valence-electron chi connectivity index (χ2n) is 9.59. The molecule has 1 amide bonds. The Morgan fingerprint density at radius 1 is 1.06 bits per heavy atom. The van der Waals surface area contributed by atoms with Crippen LogP contribution < -0.4 is 14.9 Å². The Hall–Kier alpha value is -2.91. The second-order valence-corrected chi connectivity index (χ2v) is 11.3. The van der Waals surface area contributed by atoms with Crippen molar-refractivity contribution in [1.29, 1.82) is 0 Å². The molecule has 8 nitrogen and oxygen atoms in total. The van der Waals surface area contributed by atoms with E-state index in [4.69, 9.17) is 4.74 Å². The molecule has 1 saturated heterocycles. The van der Waals surface area contributed by atoms with E-state index in [0.717, 1.165) is 31.2 Å². The van der Waals surface area contributed by atoms with E-state index < -0.39 is 16.1 Å². The molecule has 0 radical (unpaired) electrons. The highest BCUT2D eigenvalue weighted by atomic mass is 32.2. The molecule has 2 aromatic rings. The molecule has 1 aliphatic carbocycles. The Kier molecular flexibility index (Phi) is 8.31. The van der Waals surface area contributed by atoms with Gasteiger partial charge in [0.2, 0.25) is 15.9 Å². The van der Waals surface area contributed by atoms with Crippen molar-refractivity contribution in [2.75, 3.05) is 29.9 Å². The molecule has 2 aliphatic rings. The quantitative estimate of drug-likeness (QED) is 0.486. The zero-order valence-corrected chi connectivity index (χ0v) is 21.7. The molecule has 2 fully saturated rings. The molecule has 2 atom stereocenters. The molecule has 9 heteroatoms. The van der Waals surface area contributed by atoms with Gasteiger partial charge in [-0.1, -0.05) is 36.8 Å². The summed E-state index contributed by atoms with van der Waals surface area (Å²) in [6.07, 6.45) is 4.20. The normalized spacial score (nSPS) is 19.3. The van der Waals surface area contributed by atoms with Crippen LogP contribution in [0, 0.1) is 11.8 Å². The maximum absolute atomic E-state index is 13.7. The zero-order chi connectivity index (χ0) is 25.7. The van der Waals surface area contributed by atoms with Crippen LogP contribution in [0.2, 0.25) is 0 Å². The lowest BCUT2D eigenvalue weighted by molar-refractivity contribution is -0.148. The molecular formula is C27H35N3O5S. The number of amides is 1. The van der Waals surface area contributed by atoms with Crippen molar-refractivity contribution in [2.24, 2.45) is 11.8 Å². The lowest BCUT2D eigenvalue weighted by Gasteiger charge is -2.34. The molecule has 1 heterocycles. The van der Waals surface area contributed by atoms with Gasteiger partial charge in [-0.3, -0.25) is 9.59 Å². The Morgan fingerprint density at radius 2 is 1.78 bits per heavy atom. The number of nitrogens with zero attached hydrogens (tertiary/aromatic N) is 1. The van der Waals surface area contributed by atoms with E-state index in [1.54, 1.807) is 26.0 Å². The van der Waals surface area contributed by atoms with E-state index in [9.17, 15) is 18.0 Å². The Bertz CT molecular complexity index is 1180. The van der Waals surface area contributed by atoms with Crippen LogP contribution in [0.5, 0.6) is 0 Å². The SMILES string of the molecule is CCOC(=O)[C@H]1CCCN(c2ccc(NC(=O)C3CCC3)cc2S(=O)(=O)N[C@@H](C)c2ccccc2)C1. The maximum Gasteiger partial charge on any atom is 0.310 e. The van der Waals surface area contributed by atoms with Crippen molar-refractivity contribution in [3.05, 3.63) is 54.1 Å². The number of piperidine rings is 1. The number of esters is 1. The fourth-order valence-corrected chi connectivity index (χ4v) is 6.22. The van der Waals surface area contributed by atoms with Crippen molar-refractivity contribution < 1.29 is 22.7 Å². The van der Waals surface area contributed by atoms with Gasteiger partial charge >= 0.3 is 5.97 Å². The van der Waals surface area contributed by atoms with Crippen molar-refractivity contribution in [3.8, 4) is 0 Å². The number of hydrogen-bond donors (Lipinski definition) is 2. The maximum atomic E-state index is 13.7. The minimum Gasteiger partial charge on any atom is -0.466 e. The summed E-state index contributed by atoms with van der Waals surface area (Å²) in [6.45, 7) is 4.89. The third-order valence-corrected chi connectivity index (χ3v) is 8.58. The van der Waals surface area contributed by atoms with Gasteiger partial charge in [0.05, 0.1) is 18.2 Å². The monoisotopic (exact) mass is 513 g/mol. The fraction of sp³-hybridized carbons (Fsp3) is 0.481. The number of nitrogens with one attached hydrogen (secondary N) is 2. The number of sulfonamides is 1. The molecule has 0 spiro atoms. The number of carbonyl (C=O) groups excluding carboxylic acids is 2. The molecule has 36 heavy (non-hydrogen) atoms. The van der Waals surface area contributed by atoms with Crippen LogP contribution >= 0.6 is 0 Å². The molecule has 0 aromatic heterocycles. The fourth-order valence-electron chi connectivity index (χ4n) is 4.74. The number of rotatable bonds is 9. The number of anilines is 2. The minimum absolute atomic E-state index is 0.0200. The standard InChI is InChI=1S/C27H35N3O5S/c1-3-35-27(32)22-13-8-16-30(18-22)24-15-14-23(28-26(31)21-11-7-12-21)17-25(24)36(33,34)29-19(2)20-9-5-4-6-10-20/h4-6,9-10,14-15,17,19,21-22,29H,3,7-8,11-13,16,18H2,1-2H3,(H,28,31)/t19-,22-/m0/s1. The van der Waals surface area contributed by atoms with E-state index in [2.05, 4.69) is 10.0 Å². The van der Waals surface area contributed by atoms with Crippen molar-refractivity contribution in [3.63, 3.8) is 0 Å². The highest BCUT2D eigenvalue weighted by Crippen LogP contribution is 2.34. The summed E-state index contributed by atoms with van der Waals surface area (Å²) in [5.41, 5.74) is 1.80. The van der Waals surface area contributed by atoms with E-state index >= 15 is 0 Å². The van der Waals surface area contributed by atoms with Gasteiger partial charge in [-0.15, -0.1) is 0 Å². The van der Waals surface area contributed by atoms with Gasteiger partial charge in [0, 0.05) is 30.7 Å². The number of hydrogen-bond acceptors (Lipinski definition) is 6. The summed E-state index contributed by atoms with van der Waals surface area (Å²) in [4.78, 5) is 27.0. The van der Waals surface area contributed by atoms with Crippen LogP contribution in [0.1, 0.15) is 57.6 Å². The lowest BCUT2D eigenvalue weighted by atomic mass is 9.85. The van der Waals surface area contributed by atoms with Gasteiger partial charge in [0.15, 0.2) is 0 Å². The van der Waals surface area contributed by atoms with Crippen LogP contribution in [0.4, 0.5) is 11.4 Å². The Morgan fingerprint density at radius 3 is 2.44 bits per heavy atom. The molecule has 194 valence electrons. The topological polar surface area (TPSA) is 105 Å². The third kappa shape index (κ3) is 6.07. The minimum atomic E-state index is -3.96. The number of benzene rings is 2. The molecule has 0 bridgehead atoms. The summed E-state index contributed by atoms with van der Waals surface area (Å²) in [7, 11) is -3.96. The van der Waals surface area contributed by atoms with Gasteiger partial charge in [-0.2, -0.15) is 0 Å². The highest BCUT2D eigenvalue weighted by Gasteiger charge is 2.32. The summed E-state index contributed by atoms with van der Waals surface area (Å²) in [5, 5.41) is 2.89. The van der Waals surface area contributed by atoms with Crippen LogP contribution in [-0.4, -0.2) is 40.0 Å². The zero-order valence-electron chi connectivity index (χ0n) is 20.9. The Balaban J connectivity index is 1.64. The number of ether oxygens (including phenoxy) is 1. The Labute approximate surface area is 213 Å². The molecule has 2 N–H and O–H groups in total. The second kappa shape index (κ2) is 11.4. The molecular weight excluding hydrogens is 478 g/mol. The molecule has 1 aliphatic heterocycles.